The fourth-order valence-corrected chi connectivity index (χ4v) is 2.69. The number of carbonyl (C=O) groups excluding carboxylic acids is 2. The van der Waals surface area contributed by atoms with Gasteiger partial charge in [0.15, 0.2) is 0 Å². The number of benzene rings is 1. The molecule has 2 rings (SSSR count). The molecule has 21 heavy (non-hydrogen) atoms. The largest absolute Gasteiger partial charge is 0.464 e. The minimum absolute atomic E-state index is 0.160. The molecule has 1 aliphatic carbocycles. The molecule has 0 fully saturated rings. The quantitative estimate of drug-likeness (QED) is 0.655. The summed E-state index contributed by atoms with van der Waals surface area (Å²) in [5.41, 5.74) is 4.03. The van der Waals surface area contributed by atoms with Crippen LogP contribution in [0.4, 0.5) is 4.79 Å². The smallest absolute Gasteiger partial charge is 0.315 e. The molecule has 1 aliphatic rings. The molecule has 1 atom stereocenters. The standard InChI is InChI=1S/C16H22N2O3/c1-11-4-3-5-13-6-7-14(10-15(11)13)18-16(20)17-8-9-21-12(2)19/h3-5,14H,6-10H2,1-2H3,(H2,17,18,20). The van der Waals surface area contributed by atoms with Gasteiger partial charge in [-0.3, -0.25) is 4.79 Å². The number of fused-ring (bicyclic) bond motifs is 1. The van der Waals surface area contributed by atoms with E-state index in [1.807, 2.05) is 0 Å². The molecule has 2 N–H and O–H groups in total. The first-order valence-electron chi connectivity index (χ1n) is 7.31. The summed E-state index contributed by atoms with van der Waals surface area (Å²) in [4.78, 5) is 22.4. The maximum absolute atomic E-state index is 11.8. The van der Waals surface area contributed by atoms with E-state index < -0.39 is 0 Å². The van der Waals surface area contributed by atoms with Gasteiger partial charge in [-0.15, -0.1) is 0 Å². The van der Waals surface area contributed by atoms with Crippen LogP contribution < -0.4 is 10.6 Å². The Hall–Kier alpha value is -2.04. The van der Waals surface area contributed by atoms with Gasteiger partial charge in [0.05, 0.1) is 6.54 Å². The molecule has 1 aromatic carbocycles. The minimum atomic E-state index is -0.337. The second-order valence-electron chi connectivity index (χ2n) is 5.39. The van der Waals surface area contributed by atoms with Gasteiger partial charge < -0.3 is 15.4 Å². The van der Waals surface area contributed by atoms with Crippen LogP contribution in [0.25, 0.3) is 0 Å². The number of aryl methyl sites for hydroxylation is 2. The minimum Gasteiger partial charge on any atom is -0.464 e. The Balaban J connectivity index is 1.78. The number of ether oxygens (including phenoxy) is 1. The summed E-state index contributed by atoms with van der Waals surface area (Å²) in [7, 11) is 0. The second kappa shape index (κ2) is 7.11. The molecule has 0 bridgehead atoms. The van der Waals surface area contributed by atoms with Gasteiger partial charge in [0, 0.05) is 13.0 Å². The molecular formula is C16H22N2O3. The Kier molecular flexibility index (Phi) is 5.20. The monoisotopic (exact) mass is 290 g/mol. The number of hydrogen-bond donors (Lipinski definition) is 2. The zero-order chi connectivity index (χ0) is 15.2. The van der Waals surface area contributed by atoms with E-state index in [1.54, 1.807) is 0 Å². The topological polar surface area (TPSA) is 67.4 Å². The molecule has 0 radical (unpaired) electrons. The van der Waals surface area contributed by atoms with E-state index in [0.29, 0.717) is 6.54 Å². The molecule has 0 aliphatic heterocycles. The van der Waals surface area contributed by atoms with Gasteiger partial charge in [-0.2, -0.15) is 0 Å². The van der Waals surface area contributed by atoms with Crippen LogP contribution in [0, 0.1) is 6.92 Å². The van der Waals surface area contributed by atoms with E-state index in [0.717, 1.165) is 19.3 Å². The van der Waals surface area contributed by atoms with E-state index in [9.17, 15) is 9.59 Å². The molecule has 0 saturated heterocycles. The second-order valence-corrected chi connectivity index (χ2v) is 5.39. The number of esters is 1. The predicted octanol–water partition coefficient (Wildman–Crippen LogP) is 1.71. The Bertz CT molecular complexity index is 528. The van der Waals surface area contributed by atoms with E-state index >= 15 is 0 Å². The van der Waals surface area contributed by atoms with Crippen LogP contribution >= 0.6 is 0 Å². The normalized spacial score (nSPS) is 16.8. The summed E-state index contributed by atoms with van der Waals surface area (Å²) in [6.45, 7) is 3.99. The molecule has 2 amide bonds. The van der Waals surface area contributed by atoms with Gasteiger partial charge in [-0.1, -0.05) is 18.2 Å². The van der Waals surface area contributed by atoms with E-state index in [-0.39, 0.29) is 24.6 Å². The van der Waals surface area contributed by atoms with Crippen LogP contribution in [-0.2, 0) is 22.4 Å². The lowest BCUT2D eigenvalue weighted by molar-refractivity contribution is -0.140. The molecule has 114 valence electrons. The Labute approximate surface area is 125 Å². The summed E-state index contributed by atoms with van der Waals surface area (Å²) < 4.78 is 4.76. The Morgan fingerprint density at radius 3 is 2.95 bits per heavy atom. The van der Waals surface area contributed by atoms with Crippen LogP contribution in [0.5, 0.6) is 0 Å². The maximum atomic E-state index is 11.8. The third-order valence-corrected chi connectivity index (χ3v) is 3.75. The van der Waals surface area contributed by atoms with Crippen molar-refractivity contribution in [1.29, 1.82) is 0 Å². The summed E-state index contributed by atoms with van der Waals surface area (Å²) in [5, 5.41) is 5.68. The van der Waals surface area contributed by atoms with Gasteiger partial charge in [0.25, 0.3) is 0 Å². The van der Waals surface area contributed by atoms with Crippen molar-refractivity contribution in [1.82, 2.24) is 10.6 Å². The van der Waals surface area contributed by atoms with Crippen molar-refractivity contribution in [2.24, 2.45) is 0 Å². The van der Waals surface area contributed by atoms with Crippen LogP contribution in [0.3, 0.4) is 0 Å². The summed E-state index contributed by atoms with van der Waals surface area (Å²) in [5.74, 6) is -0.337. The molecule has 0 spiro atoms. The van der Waals surface area contributed by atoms with Gasteiger partial charge in [-0.25, -0.2) is 4.79 Å². The third-order valence-electron chi connectivity index (χ3n) is 3.75. The molecule has 1 aromatic rings. The van der Waals surface area contributed by atoms with Gasteiger partial charge in [0.1, 0.15) is 6.61 Å². The van der Waals surface area contributed by atoms with E-state index in [1.165, 1.54) is 23.6 Å². The fraction of sp³-hybridized carbons (Fsp3) is 0.500. The third kappa shape index (κ3) is 4.48. The van der Waals surface area contributed by atoms with Crippen LogP contribution in [0.2, 0.25) is 0 Å². The Morgan fingerprint density at radius 2 is 2.19 bits per heavy atom. The first-order chi connectivity index (χ1) is 10.1. The highest BCUT2D eigenvalue weighted by Gasteiger charge is 2.21. The molecule has 0 heterocycles. The number of rotatable bonds is 4. The zero-order valence-corrected chi connectivity index (χ0v) is 12.6. The molecule has 5 heteroatoms. The highest BCUT2D eigenvalue weighted by atomic mass is 16.5. The van der Waals surface area contributed by atoms with E-state index in [4.69, 9.17) is 4.74 Å². The molecule has 0 saturated carbocycles. The number of urea groups is 1. The van der Waals surface area contributed by atoms with Crippen molar-refractivity contribution in [3.63, 3.8) is 0 Å². The number of hydrogen-bond acceptors (Lipinski definition) is 3. The molecular weight excluding hydrogens is 268 g/mol. The summed E-state index contributed by atoms with van der Waals surface area (Å²) in [6, 6.07) is 6.32. The lowest BCUT2D eigenvalue weighted by atomic mass is 9.86. The van der Waals surface area contributed by atoms with Crippen molar-refractivity contribution in [2.75, 3.05) is 13.2 Å². The first kappa shape index (κ1) is 15.4. The van der Waals surface area contributed by atoms with Crippen molar-refractivity contribution >= 4 is 12.0 Å². The molecule has 5 nitrogen and oxygen atoms in total. The summed E-state index contributed by atoms with van der Waals surface area (Å²) in [6.07, 6.45) is 2.82. The lowest BCUT2D eigenvalue weighted by Crippen LogP contribution is -2.45. The van der Waals surface area contributed by atoms with Crippen molar-refractivity contribution in [3.05, 3.63) is 34.9 Å². The predicted molar refractivity (Wildman–Crippen MR) is 80.2 cm³/mol. The average molecular weight is 290 g/mol. The van der Waals surface area contributed by atoms with Crippen LogP contribution in [0.15, 0.2) is 18.2 Å². The van der Waals surface area contributed by atoms with Crippen LogP contribution in [-0.4, -0.2) is 31.2 Å². The summed E-state index contributed by atoms with van der Waals surface area (Å²) >= 11 is 0. The number of nitrogens with one attached hydrogen (secondary N) is 2. The maximum Gasteiger partial charge on any atom is 0.315 e. The van der Waals surface area contributed by atoms with Gasteiger partial charge in [0.2, 0.25) is 0 Å². The van der Waals surface area contributed by atoms with Crippen molar-refractivity contribution in [3.8, 4) is 0 Å². The van der Waals surface area contributed by atoms with Crippen molar-refractivity contribution in [2.45, 2.75) is 39.2 Å². The highest BCUT2D eigenvalue weighted by molar-refractivity contribution is 5.74. The van der Waals surface area contributed by atoms with Crippen LogP contribution in [0.1, 0.15) is 30.0 Å². The molecule has 1 unspecified atom stereocenters. The zero-order valence-electron chi connectivity index (χ0n) is 12.6. The average Bonchev–Trinajstić information content (AvgIpc) is 2.44. The Morgan fingerprint density at radius 1 is 1.38 bits per heavy atom. The molecule has 0 aromatic heterocycles. The number of amides is 2. The van der Waals surface area contributed by atoms with Crippen molar-refractivity contribution < 1.29 is 14.3 Å². The highest BCUT2D eigenvalue weighted by Crippen LogP contribution is 2.24. The van der Waals surface area contributed by atoms with E-state index in [2.05, 4.69) is 35.8 Å². The SMILES string of the molecule is CC(=O)OCCNC(=O)NC1CCc2cccc(C)c2C1. The first-order valence-corrected chi connectivity index (χ1v) is 7.31. The number of carbonyl (C=O) groups is 2. The van der Waals surface area contributed by atoms with Gasteiger partial charge >= 0.3 is 12.0 Å². The van der Waals surface area contributed by atoms with Gasteiger partial charge in [-0.05, 0) is 42.9 Å². The fourth-order valence-electron chi connectivity index (χ4n) is 2.69. The lowest BCUT2D eigenvalue weighted by Gasteiger charge is -2.26.